The van der Waals surface area contributed by atoms with Crippen LogP contribution in [0.4, 0.5) is 18.9 Å². The summed E-state index contributed by atoms with van der Waals surface area (Å²) >= 11 is 12.7. The molecular weight excluding hydrogens is 528 g/mol. The van der Waals surface area contributed by atoms with E-state index in [-0.39, 0.29) is 0 Å². The van der Waals surface area contributed by atoms with E-state index in [1.165, 1.54) is 44.2 Å². The van der Waals surface area contributed by atoms with Gasteiger partial charge in [-0.25, -0.2) is 9.78 Å². The van der Waals surface area contributed by atoms with Gasteiger partial charge in [0.15, 0.2) is 0 Å². The second-order valence-electron chi connectivity index (χ2n) is 9.11. The molecule has 0 fully saturated rings. The molecule has 202 valence electrons. The summed E-state index contributed by atoms with van der Waals surface area (Å²) in [6.45, 7) is 8.48. The largest absolute Gasteiger partial charge is 0.490 e. The highest BCUT2D eigenvalue weighted by molar-refractivity contribution is 6.36. The Morgan fingerprint density at radius 2 is 1.73 bits per heavy atom. The summed E-state index contributed by atoms with van der Waals surface area (Å²) in [5, 5.41) is 13.3. The van der Waals surface area contributed by atoms with E-state index in [0.717, 1.165) is 41.1 Å². The number of aryl methyl sites for hydroxylation is 1. The van der Waals surface area contributed by atoms with Crippen molar-refractivity contribution in [3.63, 3.8) is 0 Å². The number of nitrogens with zero attached hydrogens (tertiary/aromatic N) is 4. The van der Waals surface area contributed by atoms with E-state index in [2.05, 4.69) is 36.4 Å². The lowest BCUT2D eigenvalue weighted by Crippen LogP contribution is -2.40. The standard InChI is InChI=1S/C24H30Cl2N4.C2HF3O2/c1-4-6-8-18(9-7-5-2)29-12-13-30-24-21(29)14-16(3)27-23(24)22(28-30)19-11-10-17(25)15-20(19)26;3-2(4,5)1(6)7/h10-11,14-15,18H,4-9,12-13H2,1-3H3;(H,6,7). The maximum atomic E-state index is 10.6. The molecule has 0 radical (unpaired) electrons. The predicted octanol–water partition coefficient (Wildman–Crippen LogP) is 7.92. The van der Waals surface area contributed by atoms with Gasteiger partial charge in [0.25, 0.3) is 0 Å². The summed E-state index contributed by atoms with van der Waals surface area (Å²) in [6.07, 6.45) is 2.40. The summed E-state index contributed by atoms with van der Waals surface area (Å²) in [4.78, 5) is 16.4. The van der Waals surface area contributed by atoms with Crippen molar-refractivity contribution < 1.29 is 23.1 Å². The van der Waals surface area contributed by atoms with Gasteiger partial charge in [-0.15, -0.1) is 0 Å². The number of hydrogen-bond donors (Lipinski definition) is 1. The van der Waals surface area contributed by atoms with E-state index in [1.54, 1.807) is 6.07 Å². The second kappa shape index (κ2) is 12.3. The molecule has 4 rings (SSSR count). The van der Waals surface area contributed by atoms with E-state index in [0.29, 0.717) is 16.1 Å². The molecule has 0 bridgehead atoms. The minimum absolute atomic E-state index is 0.570. The number of carboxylic acids is 1. The van der Waals surface area contributed by atoms with Gasteiger partial charge in [-0.3, -0.25) is 4.68 Å². The van der Waals surface area contributed by atoms with Crippen LogP contribution in [-0.4, -0.2) is 44.6 Å². The van der Waals surface area contributed by atoms with Crippen LogP contribution in [-0.2, 0) is 11.3 Å². The molecule has 3 heterocycles. The lowest BCUT2D eigenvalue weighted by Gasteiger charge is -2.37. The van der Waals surface area contributed by atoms with Crippen molar-refractivity contribution in [2.45, 2.75) is 78.1 Å². The van der Waals surface area contributed by atoms with Crippen LogP contribution in [0.2, 0.25) is 10.0 Å². The van der Waals surface area contributed by atoms with Crippen LogP contribution in [0.5, 0.6) is 0 Å². The quantitative estimate of drug-likeness (QED) is 0.304. The van der Waals surface area contributed by atoms with Crippen LogP contribution in [0.15, 0.2) is 24.3 Å². The fraction of sp³-hybridized carbons (Fsp3) is 0.500. The lowest BCUT2D eigenvalue weighted by atomic mass is 10.00. The van der Waals surface area contributed by atoms with E-state index in [4.69, 9.17) is 43.2 Å². The molecule has 1 aromatic carbocycles. The van der Waals surface area contributed by atoms with Crippen LogP contribution >= 0.6 is 23.2 Å². The van der Waals surface area contributed by atoms with Crippen molar-refractivity contribution in [1.82, 2.24) is 14.8 Å². The molecule has 0 saturated carbocycles. The number of carbonyl (C=O) groups is 1. The number of benzene rings is 1. The van der Waals surface area contributed by atoms with Crippen LogP contribution in [0.1, 0.15) is 58.1 Å². The molecule has 0 spiro atoms. The van der Waals surface area contributed by atoms with Crippen molar-refractivity contribution in [3.8, 4) is 11.3 Å². The molecule has 0 aliphatic carbocycles. The number of aromatic nitrogens is 3. The normalized spacial score (nSPS) is 13.2. The van der Waals surface area contributed by atoms with Crippen molar-refractivity contribution in [2.24, 2.45) is 0 Å². The zero-order chi connectivity index (χ0) is 27.3. The van der Waals surface area contributed by atoms with Gasteiger partial charge >= 0.3 is 12.1 Å². The number of alkyl halides is 3. The van der Waals surface area contributed by atoms with Crippen molar-refractivity contribution in [3.05, 3.63) is 40.0 Å². The molecule has 1 N–H and O–H groups in total. The first-order valence-electron chi connectivity index (χ1n) is 12.4. The Labute approximate surface area is 224 Å². The third kappa shape index (κ3) is 6.87. The number of anilines is 1. The molecular formula is C26H31Cl2F3N4O2. The smallest absolute Gasteiger partial charge is 0.475 e. The number of rotatable bonds is 8. The van der Waals surface area contributed by atoms with Gasteiger partial charge < -0.3 is 10.0 Å². The Hall–Kier alpha value is -2.52. The van der Waals surface area contributed by atoms with E-state index >= 15 is 0 Å². The summed E-state index contributed by atoms with van der Waals surface area (Å²) in [6, 6.07) is 8.39. The molecule has 1 aliphatic heterocycles. The number of aliphatic carboxylic acids is 1. The number of pyridine rings is 1. The Morgan fingerprint density at radius 1 is 1.11 bits per heavy atom. The molecule has 37 heavy (non-hydrogen) atoms. The topological polar surface area (TPSA) is 71.2 Å². The monoisotopic (exact) mass is 558 g/mol. The first kappa shape index (κ1) is 29.0. The first-order chi connectivity index (χ1) is 17.5. The molecule has 1 aliphatic rings. The van der Waals surface area contributed by atoms with Crippen LogP contribution < -0.4 is 4.90 Å². The van der Waals surface area contributed by atoms with Crippen LogP contribution in [0.3, 0.4) is 0 Å². The maximum absolute atomic E-state index is 10.6. The molecule has 0 unspecified atom stereocenters. The SMILES string of the molecule is CCCCC(CCCC)N1CCn2nc(-c3ccc(Cl)cc3Cl)c3nc(C)cc1c32.O=C(O)C(F)(F)F. The van der Waals surface area contributed by atoms with E-state index in [9.17, 15) is 13.2 Å². The average Bonchev–Trinajstić information content (AvgIpc) is 3.18. The number of halogens is 5. The fourth-order valence-electron chi connectivity index (χ4n) is 4.57. The molecule has 3 aromatic rings. The van der Waals surface area contributed by atoms with Gasteiger partial charge in [0.2, 0.25) is 0 Å². The molecule has 2 aromatic heterocycles. The summed E-state index contributed by atoms with van der Waals surface area (Å²) in [5.41, 5.74) is 6.08. The van der Waals surface area contributed by atoms with E-state index in [1.807, 2.05) is 12.1 Å². The van der Waals surface area contributed by atoms with Crippen LogP contribution in [0.25, 0.3) is 22.3 Å². The predicted molar refractivity (Wildman–Crippen MR) is 142 cm³/mol. The minimum Gasteiger partial charge on any atom is -0.475 e. The zero-order valence-corrected chi connectivity index (χ0v) is 22.6. The fourth-order valence-corrected chi connectivity index (χ4v) is 5.07. The molecule has 11 heteroatoms. The lowest BCUT2D eigenvalue weighted by molar-refractivity contribution is -0.192. The van der Waals surface area contributed by atoms with Crippen molar-refractivity contribution in [2.75, 3.05) is 11.4 Å². The third-order valence-electron chi connectivity index (χ3n) is 6.32. The van der Waals surface area contributed by atoms with Crippen LogP contribution in [0, 0.1) is 6.92 Å². The molecule has 0 atom stereocenters. The first-order valence-corrected chi connectivity index (χ1v) is 13.1. The molecule has 0 saturated heterocycles. The van der Waals surface area contributed by atoms with Gasteiger partial charge in [0.05, 0.1) is 17.3 Å². The highest BCUT2D eigenvalue weighted by atomic mass is 35.5. The Morgan fingerprint density at radius 3 is 2.27 bits per heavy atom. The Kier molecular flexibility index (Phi) is 9.69. The summed E-state index contributed by atoms with van der Waals surface area (Å²) in [7, 11) is 0. The van der Waals surface area contributed by atoms with Gasteiger partial charge in [0.1, 0.15) is 16.7 Å². The summed E-state index contributed by atoms with van der Waals surface area (Å²) < 4.78 is 33.9. The number of hydrogen-bond acceptors (Lipinski definition) is 4. The van der Waals surface area contributed by atoms with Gasteiger partial charge in [-0.1, -0.05) is 62.7 Å². The molecule has 6 nitrogen and oxygen atoms in total. The Balaban J connectivity index is 0.000000479. The highest BCUT2D eigenvalue weighted by Gasteiger charge is 2.38. The summed E-state index contributed by atoms with van der Waals surface area (Å²) in [5.74, 6) is -2.76. The van der Waals surface area contributed by atoms with E-state index < -0.39 is 12.1 Å². The van der Waals surface area contributed by atoms with Gasteiger partial charge in [-0.2, -0.15) is 18.3 Å². The highest BCUT2D eigenvalue weighted by Crippen LogP contribution is 2.40. The van der Waals surface area contributed by atoms with Gasteiger partial charge in [0, 0.05) is 28.9 Å². The molecule has 0 amide bonds. The maximum Gasteiger partial charge on any atom is 0.490 e. The number of unbranched alkanes of at least 4 members (excludes halogenated alkanes) is 2. The van der Waals surface area contributed by atoms with Crippen molar-refractivity contribution in [1.29, 1.82) is 0 Å². The Bertz CT molecular complexity index is 1240. The average molecular weight is 559 g/mol. The zero-order valence-electron chi connectivity index (χ0n) is 21.1. The van der Waals surface area contributed by atoms with Gasteiger partial charge in [-0.05, 0) is 44.0 Å². The number of carboxylic acid groups (broad SMARTS) is 1. The van der Waals surface area contributed by atoms with Crippen molar-refractivity contribution >= 4 is 45.9 Å². The second-order valence-corrected chi connectivity index (χ2v) is 9.95. The minimum atomic E-state index is -5.08. The third-order valence-corrected chi connectivity index (χ3v) is 6.87.